The minimum absolute atomic E-state index is 0.0859. The van der Waals surface area contributed by atoms with Crippen LogP contribution in [0.4, 0.5) is 0 Å². The number of carbonyl (C=O) groups is 2. The molecule has 5 heteroatoms. The summed E-state index contributed by atoms with van der Waals surface area (Å²) < 4.78 is -0.526. The Labute approximate surface area is 239 Å². The van der Waals surface area contributed by atoms with Gasteiger partial charge >= 0.3 is 0 Å². The van der Waals surface area contributed by atoms with Crippen molar-refractivity contribution >= 4 is 56.7 Å². The van der Waals surface area contributed by atoms with Gasteiger partial charge in [-0.05, 0) is 91.6 Å². The van der Waals surface area contributed by atoms with Crippen LogP contribution in [-0.4, -0.2) is 23.5 Å². The molecule has 0 saturated heterocycles. The van der Waals surface area contributed by atoms with Crippen LogP contribution in [-0.2, 0) is 9.59 Å². The number of alkyl halides is 2. The molecule has 5 rings (SSSR count). The lowest BCUT2D eigenvalue weighted by atomic mass is 9.38. The van der Waals surface area contributed by atoms with E-state index in [-0.39, 0.29) is 48.8 Å². The average Bonchev–Trinajstić information content (AvgIpc) is 2.74. The summed E-state index contributed by atoms with van der Waals surface area (Å²) in [4.78, 5) is 27.5. The molecule has 0 aromatic heterocycles. The molecule has 0 bridgehead atoms. The van der Waals surface area contributed by atoms with Crippen molar-refractivity contribution in [2.24, 2.45) is 38.9 Å². The van der Waals surface area contributed by atoms with Crippen molar-refractivity contribution in [1.29, 1.82) is 0 Å². The van der Waals surface area contributed by atoms with Crippen molar-refractivity contribution in [2.45, 2.75) is 107 Å². The van der Waals surface area contributed by atoms with Crippen LogP contribution >= 0.6 is 45.2 Å². The van der Waals surface area contributed by atoms with Gasteiger partial charge in [0.1, 0.15) is 3.42 Å². The van der Waals surface area contributed by atoms with E-state index in [1.165, 1.54) is 24.8 Å². The zero-order chi connectivity index (χ0) is 26.0. The highest BCUT2D eigenvalue weighted by molar-refractivity contribution is 14.1. The summed E-state index contributed by atoms with van der Waals surface area (Å²) in [6.45, 7) is 15.7. The van der Waals surface area contributed by atoms with E-state index in [1.54, 1.807) is 0 Å². The number of rotatable bonds is 1. The van der Waals surface area contributed by atoms with Gasteiger partial charge in [-0.2, -0.15) is 0 Å². The number of fused-ring (bicyclic) bond motifs is 7. The minimum Gasteiger partial charge on any atom is -0.505 e. The number of allylic oxidation sites excluding steroid dienone is 4. The Kier molecular flexibility index (Phi) is 5.79. The number of Topliss-reactive ketones (excluding diaryl/α,β-unsaturated/α-hetero) is 1. The van der Waals surface area contributed by atoms with Gasteiger partial charge in [0.25, 0.3) is 0 Å². The first-order chi connectivity index (χ1) is 16.0. The molecule has 7 atom stereocenters. The standard InChI is InChI=1S/C30H42I2O3/c1-8-28-12-10-20-26(6)11-9-19-25(4,5)23(35)18(33)16-27(19,7)21(26)15-22(34)30(20,32)29(28,31)17-24(2,3)13-14-28/h15-16,19-20,33H,8-14,17H2,1-7H3. The average molecular weight is 704 g/mol. The maximum Gasteiger partial charge on any atom is 0.202 e. The van der Waals surface area contributed by atoms with E-state index < -0.39 is 14.3 Å². The van der Waals surface area contributed by atoms with Crippen LogP contribution in [0.2, 0.25) is 0 Å². The molecule has 194 valence electrons. The number of halogens is 2. The van der Waals surface area contributed by atoms with Gasteiger partial charge in [0.05, 0.1) is 3.42 Å². The summed E-state index contributed by atoms with van der Waals surface area (Å²) in [5, 5.41) is 10.8. The number of carbonyl (C=O) groups excluding carboxylic acids is 2. The molecular formula is C30H42I2O3. The zero-order valence-electron chi connectivity index (χ0n) is 22.5. The highest BCUT2D eigenvalue weighted by Crippen LogP contribution is 2.76. The van der Waals surface area contributed by atoms with Crippen molar-refractivity contribution in [1.82, 2.24) is 0 Å². The van der Waals surface area contributed by atoms with Crippen LogP contribution in [0.15, 0.2) is 23.5 Å². The van der Waals surface area contributed by atoms with E-state index in [2.05, 4.69) is 79.8 Å². The Morgan fingerprint density at radius 1 is 0.943 bits per heavy atom. The monoisotopic (exact) mass is 704 g/mol. The predicted molar refractivity (Wildman–Crippen MR) is 158 cm³/mol. The van der Waals surface area contributed by atoms with Crippen molar-refractivity contribution in [3.63, 3.8) is 0 Å². The second kappa shape index (κ2) is 7.59. The molecule has 5 aliphatic carbocycles. The van der Waals surface area contributed by atoms with Gasteiger partial charge in [0.15, 0.2) is 11.5 Å². The van der Waals surface area contributed by atoms with Crippen molar-refractivity contribution < 1.29 is 14.7 Å². The summed E-state index contributed by atoms with van der Waals surface area (Å²) in [7, 11) is 0. The third kappa shape index (κ3) is 3.06. The molecule has 3 fully saturated rings. The maximum absolute atomic E-state index is 14.6. The molecule has 0 amide bonds. The number of aliphatic hydroxyl groups excluding tert-OH is 1. The van der Waals surface area contributed by atoms with Crippen LogP contribution in [0.5, 0.6) is 0 Å². The fraction of sp³-hybridized carbons (Fsp3) is 0.800. The quantitative estimate of drug-likeness (QED) is 0.221. The molecule has 0 aliphatic heterocycles. The second-order valence-electron chi connectivity index (χ2n) is 14.4. The van der Waals surface area contributed by atoms with Crippen LogP contribution < -0.4 is 0 Å². The van der Waals surface area contributed by atoms with Crippen molar-refractivity contribution in [2.75, 3.05) is 0 Å². The van der Waals surface area contributed by atoms with Gasteiger partial charge in [-0.3, -0.25) is 9.59 Å². The fourth-order valence-electron chi connectivity index (χ4n) is 9.93. The molecule has 0 radical (unpaired) electrons. The molecular weight excluding hydrogens is 662 g/mol. The van der Waals surface area contributed by atoms with Crippen LogP contribution in [0, 0.1) is 38.9 Å². The smallest absolute Gasteiger partial charge is 0.202 e. The van der Waals surface area contributed by atoms with Gasteiger partial charge in [-0.25, -0.2) is 0 Å². The molecule has 3 nitrogen and oxygen atoms in total. The molecule has 35 heavy (non-hydrogen) atoms. The Balaban J connectivity index is 1.72. The largest absolute Gasteiger partial charge is 0.505 e. The highest BCUT2D eigenvalue weighted by atomic mass is 127. The van der Waals surface area contributed by atoms with Gasteiger partial charge in [-0.15, -0.1) is 0 Å². The SMILES string of the molecule is CCC12CCC3C4(C)CCC5C(C)(C)C(=O)C(O)=CC5(C)C4=CC(=O)C3(I)C1(I)CC(C)(C)CC2. The summed E-state index contributed by atoms with van der Waals surface area (Å²) >= 11 is 5.42. The number of hydrogen-bond donors (Lipinski definition) is 1. The van der Waals surface area contributed by atoms with E-state index in [0.717, 1.165) is 32.1 Å². The lowest BCUT2D eigenvalue weighted by Crippen LogP contribution is -2.73. The van der Waals surface area contributed by atoms with E-state index in [1.807, 2.05) is 26.0 Å². The number of ketones is 2. The maximum atomic E-state index is 14.6. The highest BCUT2D eigenvalue weighted by Gasteiger charge is 2.75. The normalized spacial score (nSPS) is 50.2. The molecule has 1 N–H and O–H groups in total. The van der Waals surface area contributed by atoms with Gasteiger partial charge in [-0.1, -0.05) is 99.2 Å². The van der Waals surface area contributed by atoms with E-state index in [9.17, 15) is 14.7 Å². The first-order valence-corrected chi connectivity index (χ1v) is 15.7. The van der Waals surface area contributed by atoms with Crippen LogP contribution in [0.25, 0.3) is 0 Å². The van der Waals surface area contributed by atoms with E-state index in [0.29, 0.717) is 0 Å². The van der Waals surface area contributed by atoms with Crippen LogP contribution in [0.3, 0.4) is 0 Å². The Morgan fingerprint density at radius 2 is 1.57 bits per heavy atom. The number of hydrogen-bond acceptors (Lipinski definition) is 3. The molecule has 0 heterocycles. The summed E-state index contributed by atoms with van der Waals surface area (Å²) in [6.07, 6.45) is 12.7. The minimum atomic E-state index is -0.639. The lowest BCUT2D eigenvalue weighted by Gasteiger charge is -2.71. The Hall–Kier alpha value is 0.0800. The van der Waals surface area contributed by atoms with E-state index in [4.69, 9.17) is 0 Å². The topological polar surface area (TPSA) is 54.4 Å². The van der Waals surface area contributed by atoms with E-state index >= 15 is 0 Å². The van der Waals surface area contributed by atoms with Gasteiger partial charge < -0.3 is 5.11 Å². The molecule has 5 aliphatic rings. The Bertz CT molecular complexity index is 1070. The Morgan fingerprint density at radius 3 is 2.20 bits per heavy atom. The number of aliphatic hydroxyl groups is 1. The summed E-state index contributed by atoms with van der Waals surface area (Å²) in [5.74, 6) is 0.362. The molecule has 7 unspecified atom stereocenters. The third-order valence-corrected chi connectivity index (χ3v) is 17.5. The fourth-order valence-corrected chi connectivity index (χ4v) is 14.4. The van der Waals surface area contributed by atoms with Crippen molar-refractivity contribution in [3.8, 4) is 0 Å². The summed E-state index contributed by atoms with van der Waals surface area (Å²) in [6, 6.07) is 0. The predicted octanol–water partition coefficient (Wildman–Crippen LogP) is 8.33. The molecule has 0 aromatic rings. The second-order valence-corrected chi connectivity index (χ2v) is 17.9. The van der Waals surface area contributed by atoms with Crippen LogP contribution in [0.1, 0.15) is 99.8 Å². The summed E-state index contributed by atoms with van der Waals surface area (Å²) in [5.41, 5.74) is 0.376. The molecule has 3 saturated carbocycles. The van der Waals surface area contributed by atoms with Gasteiger partial charge in [0, 0.05) is 10.8 Å². The first kappa shape index (κ1) is 26.7. The molecule has 0 aromatic carbocycles. The van der Waals surface area contributed by atoms with Crippen molar-refractivity contribution in [3.05, 3.63) is 23.5 Å². The van der Waals surface area contributed by atoms with Gasteiger partial charge in [0.2, 0.25) is 5.78 Å². The third-order valence-electron chi connectivity index (χ3n) is 11.9. The lowest BCUT2D eigenvalue weighted by molar-refractivity contribution is -0.138. The zero-order valence-corrected chi connectivity index (χ0v) is 26.8. The first-order valence-electron chi connectivity index (χ1n) is 13.6. The molecule has 0 spiro atoms.